The molecule has 0 amide bonds. The van der Waals surface area contributed by atoms with Crippen LogP contribution in [0.25, 0.3) is 0 Å². The van der Waals surface area contributed by atoms with Gasteiger partial charge in [0, 0.05) is 43.6 Å². The number of nitrogens with one attached hydrogen (secondary N) is 1. The number of aromatic nitrogens is 4. The Bertz CT molecular complexity index is 501. The number of H-pyrrole nitrogens is 1. The number of ether oxygens (including phenoxy) is 1. The second-order valence-electron chi connectivity index (χ2n) is 4.99. The summed E-state index contributed by atoms with van der Waals surface area (Å²) in [7, 11) is 0. The number of nitrogens with two attached hydrogens (primary N) is 1. The van der Waals surface area contributed by atoms with E-state index in [1.165, 1.54) is 0 Å². The van der Waals surface area contributed by atoms with Crippen molar-refractivity contribution in [3.63, 3.8) is 0 Å². The van der Waals surface area contributed by atoms with E-state index in [9.17, 15) is 0 Å². The Morgan fingerprint density at radius 2 is 2.42 bits per heavy atom. The Hall–Kier alpha value is -1.66. The van der Waals surface area contributed by atoms with Gasteiger partial charge in [-0.2, -0.15) is 0 Å². The van der Waals surface area contributed by atoms with Crippen molar-refractivity contribution in [1.82, 2.24) is 19.5 Å². The topological polar surface area (TPSA) is 81.8 Å². The Morgan fingerprint density at radius 3 is 3.16 bits per heavy atom. The van der Waals surface area contributed by atoms with E-state index in [4.69, 9.17) is 10.5 Å². The first-order valence-corrected chi connectivity index (χ1v) is 6.65. The third kappa shape index (κ3) is 2.69. The monoisotopic (exact) mass is 261 g/mol. The molecule has 6 heteroatoms. The highest BCUT2D eigenvalue weighted by atomic mass is 16.5. The largest absolute Gasteiger partial charge is 0.381 e. The number of rotatable bonds is 5. The van der Waals surface area contributed by atoms with Gasteiger partial charge in [0.15, 0.2) is 0 Å². The molecule has 1 aliphatic rings. The molecule has 3 rings (SSSR count). The highest BCUT2D eigenvalue weighted by Gasteiger charge is 2.26. The van der Waals surface area contributed by atoms with Gasteiger partial charge in [-0.05, 0) is 6.42 Å². The molecule has 2 atom stereocenters. The molecule has 1 saturated heterocycles. The molecule has 0 saturated carbocycles. The summed E-state index contributed by atoms with van der Waals surface area (Å²) in [6.45, 7) is 2.44. The summed E-state index contributed by atoms with van der Waals surface area (Å²) >= 11 is 0. The summed E-state index contributed by atoms with van der Waals surface area (Å²) in [6, 6.07) is 0.00627. The molecular weight excluding hydrogens is 242 g/mol. The number of hydrogen-bond donors (Lipinski definition) is 2. The molecule has 2 aromatic heterocycles. The van der Waals surface area contributed by atoms with Gasteiger partial charge in [-0.3, -0.25) is 0 Å². The van der Waals surface area contributed by atoms with E-state index in [-0.39, 0.29) is 6.04 Å². The maximum absolute atomic E-state index is 6.33. The van der Waals surface area contributed by atoms with Gasteiger partial charge in [0.1, 0.15) is 0 Å². The molecule has 0 aliphatic carbocycles. The van der Waals surface area contributed by atoms with E-state index in [0.29, 0.717) is 5.92 Å². The third-order valence-corrected chi connectivity index (χ3v) is 3.74. The minimum atomic E-state index is 0.00627. The highest BCUT2D eigenvalue weighted by molar-refractivity contribution is 5.07. The second-order valence-corrected chi connectivity index (χ2v) is 4.99. The van der Waals surface area contributed by atoms with Gasteiger partial charge < -0.3 is 20.0 Å². The zero-order chi connectivity index (χ0) is 13.1. The predicted octanol–water partition coefficient (Wildman–Crippen LogP) is 0.885. The molecule has 1 aliphatic heterocycles. The lowest BCUT2D eigenvalue weighted by Crippen LogP contribution is -2.24. The molecule has 19 heavy (non-hydrogen) atoms. The lowest BCUT2D eigenvalue weighted by atomic mass is 9.97. The van der Waals surface area contributed by atoms with Crippen LogP contribution in [0.15, 0.2) is 25.0 Å². The molecule has 3 heterocycles. The fourth-order valence-corrected chi connectivity index (χ4v) is 2.54. The molecule has 6 nitrogen and oxygen atoms in total. The summed E-state index contributed by atoms with van der Waals surface area (Å²) in [5, 5.41) is 0. The molecule has 0 radical (unpaired) electrons. The van der Waals surface area contributed by atoms with Crippen molar-refractivity contribution in [2.75, 3.05) is 13.2 Å². The van der Waals surface area contributed by atoms with Crippen molar-refractivity contribution in [3.8, 4) is 0 Å². The van der Waals surface area contributed by atoms with Crippen LogP contribution < -0.4 is 5.73 Å². The Kier molecular flexibility index (Phi) is 3.61. The fourth-order valence-electron chi connectivity index (χ4n) is 2.54. The molecule has 3 N–H and O–H groups in total. The minimum Gasteiger partial charge on any atom is -0.381 e. The third-order valence-electron chi connectivity index (χ3n) is 3.74. The fraction of sp³-hybridized carbons (Fsp3) is 0.538. The zero-order valence-electron chi connectivity index (χ0n) is 10.8. The summed E-state index contributed by atoms with van der Waals surface area (Å²) in [5.74, 6) is 0.405. The molecule has 0 aromatic carbocycles. The molecule has 0 spiro atoms. The van der Waals surface area contributed by atoms with Gasteiger partial charge in [0.2, 0.25) is 0 Å². The second kappa shape index (κ2) is 5.54. The van der Waals surface area contributed by atoms with Crippen LogP contribution in [0, 0.1) is 5.92 Å². The number of aromatic amines is 1. The maximum Gasteiger partial charge on any atom is 0.0948 e. The Morgan fingerprint density at radius 1 is 1.47 bits per heavy atom. The summed E-state index contributed by atoms with van der Waals surface area (Å²) in [6.07, 6.45) is 9.20. The lowest BCUT2D eigenvalue weighted by molar-refractivity contribution is 0.180. The minimum absolute atomic E-state index is 0.00627. The van der Waals surface area contributed by atoms with Crippen molar-refractivity contribution < 1.29 is 4.74 Å². The Labute approximate surface area is 112 Å². The van der Waals surface area contributed by atoms with Gasteiger partial charge in [0.25, 0.3) is 0 Å². The average molecular weight is 261 g/mol. The summed E-state index contributed by atoms with van der Waals surface area (Å²) < 4.78 is 7.54. The van der Waals surface area contributed by atoms with E-state index in [2.05, 4.69) is 19.5 Å². The van der Waals surface area contributed by atoms with Crippen molar-refractivity contribution in [2.45, 2.75) is 25.4 Å². The first-order chi connectivity index (χ1) is 9.34. The Balaban J connectivity index is 1.67. The van der Waals surface area contributed by atoms with Crippen LogP contribution in [0.1, 0.15) is 23.9 Å². The molecule has 2 aromatic rings. The molecule has 2 unspecified atom stereocenters. The van der Waals surface area contributed by atoms with Crippen molar-refractivity contribution in [1.29, 1.82) is 0 Å². The molecule has 102 valence electrons. The summed E-state index contributed by atoms with van der Waals surface area (Å²) in [4.78, 5) is 11.4. The van der Waals surface area contributed by atoms with Crippen molar-refractivity contribution in [3.05, 3.63) is 36.4 Å². The van der Waals surface area contributed by atoms with E-state index in [1.54, 1.807) is 6.33 Å². The van der Waals surface area contributed by atoms with E-state index in [1.807, 2.05) is 18.7 Å². The first kappa shape index (κ1) is 12.4. The quantitative estimate of drug-likeness (QED) is 0.837. The van der Waals surface area contributed by atoms with Gasteiger partial charge >= 0.3 is 0 Å². The SMILES string of the molecule is NC(c1cncn1CCc1cnc[nH]1)C1CCOC1. The van der Waals surface area contributed by atoms with Crippen LogP contribution >= 0.6 is 0 Å². The first-order valence-electron chi connectivity index (χ1n) is 6.65. The van der Waals surface area contributed by atoms with Crippen molar-refractivity contribution in [2.24, 2.45) is 11.7 Å². The van der Waals surface area contributed by atoms with Crippen molar-refractivity contribution >= 4 is 0 Å². The summed E-state index contributed by atoms with van der Waals surface area (Å²) in [5.41, 5.74) is 8.55. The zero-order valence-corrected chi connectivity index (χ0v) is 10.8. The van der Waals surface area contributed by atoms with E-state index >= 15 is 0 Å². The van der Waals surface area contributed by atoms with Crippen LogP contribution in [-0.2, 0) is 17.7 Å². The van der Waals surface area contributed by atoms with Gasteiger partial charge in [0.05, 0.1) is 31.0 Å². The van der Waals surface area contributed by atoms with Crippen LogP contribution in [0.4, 0.5) is 0 Å². The van der Waals surface area contributed by atoms with Crippen LogP contribution in [0.2, 0.25) is 0 Å². The van der Waals surface area contributed by atoms with E-state index < -0.39 is 0 Å². The van der Waals surface area contributed by atoms with Crippen LogP contribution in [-0.4, -0.2) is 32.7 Å². The smallest absolute Gasteiger partial charge is 0.0948 e. The number of nitrogens with zero attached hydrogens (tertiary/aromatic N) is 3. The van der Waals surface area contributed by atoms with E-state index in [0.717, 1.165) is 44.0 Å². The van der Waals surface area contributed by atoms with Crippen LogP contribution in [0.5, 0.6) is 0 Å². The lowest BCUT2D eigenvalue weighted by Gasteiger charge is -2.19. The highest BCUT2D eigenvalue weighted by Crippen LogP contribution is 2.26. The molecular formula is C13H19N5O. The van der Waals surface area contributed by atoms with Gasteiger partial charge in [-0.1, -0.05) is 0 Å². The predicted molar refractivity (Wildman–Crippen MR) is 70.4 cm³/mol. The number of hydrogen-bond acceptors (Lipinski definition) is 4. The van der Waals surface area contributed by atoms with Crippen LogP contribution in [0.3, 0.4) is 0 Å². The molecule has 0 bridgehead atoms. The average Bonchev–Trinajstić information content (AvgIpc) is 3.16. The normalized spacial score (nSPS) is 20.8. The maximum atomic E-state index is 6.33. The standard InChI is InChI=1S/C13H19N5O/c14-13(10-2-4-19-7-10)12-6-16-9-18(12)3-1-11-5-15-8-17-11/h5-6,8-10,13H,1-4,7,14H2,(H,15,17). The molecule has 1 fully saturated rings. The number of aryl methyl sites for hydroxylation is 2. The van der Waals surface area contributed by atoms with Gasteiger partial charge in [-0.15, -0.1) is 0 Å². The number of imidazole rings is 2. The van der Waals surface area contributed by atoms with Gasteiger partial charge in [-0.25, -0.2) is 9.97 Å².